The van der Waals surface area contributed by atoms with Crippen LogP contribution in [0.3, 0.4) is 0 Å². The summed E-state index contributed by atoms with van der Waals surface area (Å²) in [5.41, 5.74) is 1.29. The predicted molar refractivity (Wildman–Crippen MR) is 101 cm³/mol. The lowest BCUT2D eigenvalue weighted by atomic mass is 10.1. The van der Waals surface area contributed by atoms with E-state index in [0.29, 0.717) is 17.3 Å². The fourth-order valence-electron chi connectivity index (χ4n) is 2.72. The Morgan fingerprint density at radius 1 is 1.28 bits per heavy atom. The summed E-state index contributed by atoms with van der Waals surface area (Å²) < 4.78 is 5.95. The third-order valence-corrected chi connectivity index (χ3v) is 4.87. The van der Waals surface area contributed by atoms with E-state index in [9.17, 15) is 9.59 Å². The molecule has 1 atom stereocenters. The number of anilines is 2. The van der Waals surface area contributed by atoms with E-state index in [0.717, 1.165) is 15.9 Å². The predicted octanol–water partition coefficient (Wildman–Crippen LogP) is 4.10. The van der Waals surface area contributed by atoms with Crippen molar-refractivity contribution in [1.82, 2.24) is 0 Å². The van der Waals surface area contributed by atoms with Crippen LogP contribution in [0.5, 0.6) is 5.75 Å². The van der Waals surface area contributed by atoms with Gasteiger partial charge >= 0.3 is 0 Å². The summed E-state index contributed by atoms with van der Waals surface area (Å²) in [7, 11) is 1.59. The fraction of sp³-hybridized carbons (Fsp3) is 0.222. The molecule has 0 saturated carbocycles. The van der Waals surface area contributed by atoms with Crippen LogP contribution in [-0.2, 0) is 9.59 Å². The van der Waals surface area contributed by atoms with Crippen LogP contribution >= 0.6 is 27.5 Å². The lowest BCUT2D eigenvalue weighted by molar-refractivity contribution is -0.122. The Bertz CT molecular complexity index is 810. The number of halogens is 2. The number of benzene rings is 2. The molecule has 2 aromatic rings. The molecule has 0 unspecified atom stereocenters. The Morgan fingerprint density at radius 2 is 2.00 bits per heavy atom. The second kappa shape index (κ2) is 7.45. The highest BCUT2D eigenvalue weighted by Gasteiger charge is 2.35. The Kier molecular flexibility index (Phi) is 5.30. The van der Waals surface area contributed by atoms with E-state index in [1.165, 1.54) is 0 Å². The SMILES string of the molecule is COc1ccc(N2C[C@H](C(=O)Nc3ccc(Br)cc3Cl)CC2=O)cc1. The Hall–Kier alpha value is -2.05. The molecule has 130 valence electrons. The zero-order valence-corrected chi connectivity index (χ0v) is 15.8. The number of amides is 2. The van der Waals surface area contributed by atoms with E-state index >= 15 is 0 Å². The van der Waals surface area contributed by atoms with E-state index < -0.39 is 5.92 Å². The van der Waals surface area contributed by atoms with Crippen LogP contribution in [0.25, 0.3) is 0 Å². The summed E-state index contributed by atoms with van der Waals surface area (Å²) in [6.45, 7) is 0.338. The van der Waals surface area contributed by atoms with Crippen molar-refractivity contribution in [1.29, 1.82) is 0 Å². The van der Waals surface area contributed by atoms with Gasteiger partial charge in [-0.1, -0.05) is 27.5 Å². The van der Waals surface area contributed by atoms with Gasteiger partial charge in [-0.15, -0.1) is 0 Å². The smallest absolute Gasteiger partial charge is 0.229 e. The van der Waals surface area contributed by atoms with Crippen LogP contribution in [0, 0.1) is 5.92 Å². The zero-order chi connectivity index (χ0) is 18.0. The monoisotopic (exact) mass is 422 g/mol. The lowest BCUT2D eigenvalue weighted by Crippen LogP contribution is -2.28. The molecule has 2 amide bonds. The van der Waals surface area contributed by atoms with E-state index in [4.69, 9.17) is 16.3 Å². The number of hydrogen-bond donors (Lipinski definition) is 1. The number of hydrogen-bond acceptors (Lipinski definition) is 3. The number of ether oxygens (including phenoxy) is 1. The molecule has 1 saturated heterocycles. The number of carbonyl (C=O) groups is 2. The van der Waals surface area contributed by atoms with Crippen molar-refractivity contribution in [2.45, 2.75) is 6.42 Å². The van der Waals surface area contributed by atoms with Gasteiger partial charge in [0.1, 0.15) is 5.75 Å². The maximum Gasteiger partial charge on any atom is 0.229 e. The summed E-state index contributed by atoms with van der Waals surface area (Å²) in [5, 5.41) is 3.24. The van der Waals surface area contributed by atoms with Crippen molar-refractivity contribution < 1.29 is 14.3 Å². The maximum absolute atomic E-state index is 12.5. The van der Waals surface area contributed by atoms with Gasteiger partial charge in [-0.25, -0.2) is 0 Å². The molecule has 0 radical (unpaired) electrons. The number of nitrogens with zero attached hydrogens (tertiary/aromatic N) is 1. The summed E-state index contributed by atoms with van der Waals surface area (Å²) in [6.07, 6.45) is 0.173. The first-order chi connectivity index (χ1) is 12.0. The van der Waals surface area contributed by atoms with Gasteiger partial charge in [-0.05, 0) is 42.5 Å². The van der Waals surface area contributed by atoms with Crippen molar-refractivity contribution in [2.24, 2.45) is 5.92 Å². The molecule has 1 aliphatic rings. The average molecular weight is 424 g/mol. The standard InChI is InChI=1S/C18H16BrClN2O3/c1-25-14-5-3-13(4-6-14)22-10-11(8-17(22)23)18(24)21-16-7-2-12(19)9-15(16)20/h2-7,9,11H,8,10H2,1H3,(H,21,24)/t11-/m1/s1. The summed E-state index contributed by atoms with van der Waals surface area (Å²) >= 11 is 9.45. The molecule has 0 bridgehead atoms. The van der Waals surface area contributed by atoms with Crippen molar-refractivity contribution in [3.05, 3.63) is 52.0 Å². The molecule has 0 aliphatic carbocycles. The quantitative estimate of drug-likeness (QED) is 0.805. The highest BCUT2D eigenvalue weighted by atomic mass is 79.9. The maximum atomic E-state index is 12.5. The van der Waals surface area contributed by atoms with Crippen molar-refractivity contribution >= 4 is 50.7 Å². The topological polar surface area (TPSA) is 58.6 Å². The molecule has 1 fully saturated rings. The highest BCUT2D eigenvalue weighted by Crippen LogP contribution is 2.29. The third kappa shape index (κ3) is 3.96. The van der Waals surface area contributed by atoms with E-state index in [1.54, 1.807) is 42.3 Å². The van der Waals surface area contributed by atoms with Gasteiger partial charge in [-0.3, -0.25) is 9.59 Å². The Morgan fingerprint density at radius 3 is 2.64 bits per heavy atom. The van der Waals surface area contributed by atoms with Crippen molar-refractivity contribution in [3.8, 4) is 5.75 Å². The molecular weight excluding hydrogens is 408 g/mol. The first kappa shape index (κ1) is 17.8. The van der Waals surface area contributed by atoms with E-state index in [-0.39, 0.29) is 18.2 Å². The van der Waals surface area contributed by atoms with Gasteiger partial charge in [0.2, 0.25) is 11.8 Å². The van der Waals surface area contributed by atoms with Crippen LogP contribution < -0.4 is 15.0 Å². The van der Waals surface area contributed by atoms with Gasteiger partial charge in [0.05, 0.1) is 23.7 Å². The second-order valence-electron chi connectivity index (χ2n) is 5.72. The normalized spacial score (nSPS) is 16.8. The molecule has 1 aliphatic heterocycles. The molecular formula is C18H16BrClN2O3. The first-order valence-electron chi connectivity index (χ1n) is 7.68. The van der Waals surface area contributed by atoms with Gasteiger partial charge in [0.25, 0.3) is 0 Å². The minimum absolute atomic E-state index is 0.0766. The number of methoxy groups -OCH3 is 1. The van der Waals surface area contributed by atoms with Crippen LogP contribution in [0.1, 0.15) is 6.42 Å². The Labute approximate surface area is 159 Å². The Balaban J connectivity index is 1.69. The molecule has 1 heterocycles. The highest BCUT2D eigenvalue weighted by molar-refractivity contribution is 9.10. The minimum atomic E-state index is -0.422. The number of carbonyl (C=O) groups excluding carboxylic acids is 2. The van der Waals surface area contributed by atoms with Crippen molar-refractivity contribution in [3.63, 3.8) is 0 Å². The zero-order valence-electron chi connectivity index (χ0n) is 13.5. The number of nitrogens with one attached hydrogen (secondary N) is 1. The van der Waals surface area contributed by atoms with E-state index in [1.807, 2.05) is 12.1 Å². The molecule has 1 N–H and O–H groups in total. The molecule has 5 nitrogen and oxygen atoms in total. The van der Waals surface area contributed by atoms with Crippen LogP contribution in [0.15, 0.2) is 46.9 Å². The summed E-state index contributed by atoms with van der Waals surface area (Å²) in [5.74, 6) is 0.00434. The minimum Gasteiger partial charge on any atom is -0.497 e. The molecule has 25 heavy (non-hydrogen) atoms. The molecule has 7 heteroatoms. The van der Waals surface area contributed by atoms with Gasteiger partial charge in [0, 0.05) is 23.1 Å². The van der Waals surface area contributed by atoms with Gasteiger partial charge in [0.15, 0.2) is 0 Å². The van der Waals surface area contributed by atoms with Crippen molar-refractivity contribution in [2.75, 3.05) is 23.9 Å². The third-order valence-electron chi connectivity index (χ3n) is 4.07. The van der Waals surface area contributed by atoms with Crippen LogP contribution in [0.4, 0.5) is 11.4 Å². The van der Waals surface area contributed by atoms with Crippen LogP contribution in [0.2, 0.25) is 5.02 Å². The average Bonchev–Trinajstić information content (AvgIpc) is 2.99. The summed E-state index contributed by atoms with van der Waals surface area (Å²) in [4.78, 5) is 26.4. The molecule has 0 aromatic heterocycles. The van der Waals surface area contributed by atoms with E-state index in [2.05, 4.69) is 21.2 Å². The molecule has 3 rings (SSSR count). The van der Waals surface area contributed by atoms with Crippen LogP contribution in [-0.4, -0.2) is 25.5 Å². The van der Waals surface area contributed by atoms with Gasteiger partial charge in [-0.2, -0.15) is 0 Å². The second-order valence-corrected chi connectivity index (χ2v) is 7.04. The molecule has 2 aromatic carbocycles. The largest absolute Gasteiger partial charge is 0.497 e. The number of rotatable bonds is 4. The first-order valence-corrected chi connectivity index (χ1v) is 8.85. The fourth-order valence-corrected chi connectivity index (χ4v) is 3.44. The molecule has 0 spiro atoms. The lowest BCUT2D eigenvalue weighted by Gasteiger charge is -2.17. The summed E-state index contributed by atoms with van der Waals surface area (Å²) in [6, 6.07) is 12.4. The van der Waals surface area contributed by atoms with Gasteiger partial charge < -0.3 is 15.0 Å².